The Morgan fingerprint density at radius 1 is 0.900 bits per heavy atom. The summed E-state index contributed by atoms with van der Waals surface area (Å²) in [5.41, 5.74) is 0. The average molecular weight is 289 g/mol. The van der Waals surface area contributed by atoms with Crippen LogP contribution in [-0.4, -0.2) is 24.8 Å². The van der Waals surface area contributed by atoms with Crippen LogP contribution in [0.1, 0.15) is 25.7 Å². The van der Waals surface area contributed by atoms with Crippen molar-refractivity contribution in [3.63, 3.8) is 0 Å². The molecule has 0 amide bonds. The van der Waals surface area contributed by atoms with Crippen LogP contribution in [0.2, 0.25) is 0 Å². The SMILES string of the molecule is O=S(=O)(c1ccccc1)N1[C@@H]2[C@H]3C[C@@H]([C@H]4CCC[C@H]43)[C@H]21. The van der Waals surface area contributed by atoms with E-state index in [9.17, 15) is 8.42 Å². The van der Waals surface area contributed by atoms with Crippen LogP contribution in [-0.2, 0) is 10.0 Å². The molecule has 5 rings (SSSR count). The van der Waals surface area contributed by atoms with E-state index >= 15 is 0 Å². The quantitative estimate of drug-likeness (QED) is 0.784. The minimum atomic E-state index is -3.25. The van der Waals surface area contributed by atoms with Crippen molar-refractivity contribution in [2.45, 2.75) is 42.7 Å². The molecule has 2 bridgehead atoms. The van der Waals surface area contributed by atoms with Crippen molar-refractivity contribution in [3.8, 4) is 0 Å². The first-order valence-corrected chi connectivity index (χ1v) is 9.22. The smallest absolute Gasteiger partial charge is 0.207 e. The molecule has 1 aliphatic heterocycles. The number of hydrogen-bond donors (Lipinski definition) is 0. The van der Waals surface area contributed by atoms with Crippen LogP contribution in [0.4, 0.5) is 0 Å². The van der Waals surface area contributed by atoms with Gasteiger partial charge in [0.1, 0.15) is 0 Å². The number of rotatable bonds is 2. The summed E-state index contributed by atoms with van der Waals surface area (Å²) in [5.74, 6) is 2.99. The van der Waals surface area contributed by atoms with Crippen molar-refractivity contribution in [2.75, 3.05) is 0 Å². The molecule has 3 nitrogen and oxygen atoms in total. The van der Waals surface area contributed by atoms with Gasteiger partial charge in [-0.3, -0.25) is 0 Å². The van der Waals surface area contributed by atoms with Gasteiger partial charge in [-0.15, -0.1) is 0 Å². The van der Waals surface area contributed by atoms with Crippen LogP contribution in [0, 0.1) is 23.7 Å². The molecule has 0 aromatic heterocycles. The molecule has 1 aromatic rings. The van der Waals surface area contributed by atoms with Crippen molar-refractivity contribution >= 4 is 10.0 Å². The Bertz CT molecular complexity index is 634. The van der Waals surface area contributed by atoms with Crippen molar-refractivity contribution < 1.29 is 8.42 Å². The van der Waals surface area contributed by atoms with Gasteiger partial charge in [0.2, 0.25) is 10.0 Å². The third-order valence-corrected chi connectivity index (χ3v) is 8.22. The van der Waals surface area contributed by atoms with Crippen molar-refractivity contribution in [3.05, 3.63) is 30.3 Å². The summed E-state index contributed by atoms with van der Waals surface area (Å²) in [4.78, 5) is 0.471. The average Bonchev–Trinajstić information content (AvgIpc) is 2.79. The summed E-state index contributed by atoms with van der Waals surface area (Å²) in [7, 11) is -3.25. The molecule has 0 spiro atoms. The maximum atomic E-state index is 12.8. The normalized spacial score (nSPS) is 48.1. The highest BCUT2D eigenvalue weighted by Gasteiger charge is 2.73. The summed E-state index contributed by atoms with van der Waals surface area (Å²) in [5, 5.41) is 0. The Balaban J connectivity index is 1.49. The van der Waals surface area contributed by atoms with E-state index in [4.69, 9.17) is 0 Å². The van der Waals surface area contributed by atoms with Gasteiger partial charge < -0.3 is 0 Å². The van der Waals surface area contributed by atoms with Gasteiger partial charge in [-0.25, -0.2) is 8.42 Å². The molecule has 0 radical (unpaired) electrons. The van der Waals surface area contributed by atoms with E-state index < -0.39 is 10.0 Å². The first kappa shape index (κ1) is 11.8. The number of hydrogen-bond acceptors (Lipinski definition) is 2. The summed E-state index contributed by atoms with van der Waals surface area (Å²) < 4.78 is 27.4. The molecule has 4 fully saturated rings. The standard InChI is InChI=1S/C16H19NO2S/c18-20(19,10-5-2-1-3-6-10)17-15-13-9-14(16(15)17)12-8-4-7-11(12)13/h1-3,5-6,11-16H,4,7-9H2/t11-,12+,13-,14-,15+,16+,17?/m0/s1. The lowest BCUT2D eigenvalue weighted by Crippen LogP contribution is -2.22. The molecule has 1 aromatic carbocycles. The van der Waals surface area contributed by atoms with Gasteiger partial charge in [0.15, 0.2) is 0 Å². The predicted octanol–water partition coefficient (Wildman–Crippen LogP) is 2.49. The van der Waals surface area contributed by atoms with Gasteiger partial charge in [-0.2, -0.15) is 4.31 Å². The van der Waals surface area contributed by atoms with E-state index in [0.29, 0.717) is 28.8 Å². The highest BCUT2D eigenvalue weighted by Crippen LogP contribution is 2.68. The van der Waals surface area contributed by atoms with E-state index in [2.05, 4.69) is 0 Å². The van der Waals surface area contributed by atoms with Crippen molar-refractivity contribution in [2.24, 2.45) is 23.7 Å². The zero-order chi connectivity index (χ0) is 13.5. The summed E-state index contributed by atoms with van der Waals surface area (Å²) >= 11 is 0. The molecule has 7 atom stereocenters. The van der Waals surface area contributed by atoms with Gasteiger partial charge in [0.25, 0.3) is 0 Å². The topological polar surface area (TPSA) is 37.1 Å². The molecular formula is C16H19NO2S. The van der Waals surface area contributed by atoms with E-state index in [-0.39, 0.29) is 0 Å². The number of fused-ring (bicyclic) bond motifs is 8. The van der Waals surface area contributed by atoms with Gasteiger partial charge in [0, 0.05) is 12.1 Å². The molecule has 106 valence electrons. The first-order chi connectivity index (χ1) is 9.69. The Morgan fingerprint density at radius 3 is 2.10 bits per heavy atom. The van der Waals surface area contributed by atoms with E-state index in [1.54, 1.807) is 12.1 Å². The predicted molar refractivity (Wildman–Crippen MR) is 75.5 cm³/mol. The molecule has 4 heteroatoms. The van der Waals surface area contributed by atoms with Crippen LogP contribution < -0.4 is 0 Å². The first-order valence-electron chi connectivity index (χ1n) is 7.78. The van der Waals surface area contributed by atoms with Crippen LogP contribution in [0.5, 0.6) is 0 Å². The third kappa shape index (κ3) is 1.27. The summed E-state index contributed by atoms with van der Waals surface area (Å²) in [6, 6.07) is 9.63. The minimum absolute atomic E-state index is 0.338. The van der Waals surface area contributed by atoms with Crippen LogP contribution in [0.25, 0.3) is 0 Å². The molecule has 3 aliphatic carbocycles. The summed E-state index contributed by atoms with van der Waals surface area (Å²) in [6.45, 7) is 0. The molecule has 20 heavy (non-hydrogen) atoms. The number of nitrogens with zero attached hydrogens (tertiary/aromatic N) is 1. The lowest BCUT2D eigenvalue weighted by atomic mass is 9.82. The maximum absolute atomic E-state index is 12.8. The third-order valence-electron chi connectivity index (χ3n) is 6.31. The Kier molecular flexibility index (Phi) is 2.15. The Hall–Kier alpha value is -0.870. The van der Waals surface area contributed by atoms with Gasteiger partial charge in [0.05, 0.1) is 4.90 Å². The van der Waals surface area contributed by atoms with Crippen LogP contribution in [0.3, 0.4) is 0 Å². The fourth-order valence-corrected chi connectivity index (χ4v) is 7.59. The second kappa shape index (κ2) is 3.66. The lowest BCUT2D eigenvalue weighted by molar-refractivity contribution is 0.292. The molecule has 1 heterocycles. The molecule has 1 unspecified atom stereocenters. The van der Waals surface area contributed by atoms with Gasteiger partial charge in [-0.1, -0.05) is 24.6 Å². The molecule has 4 aliphatic rings. The van der Waals surface area contributed by atoms with Crippen LogP contribution in [0.15, 0.2) is 35.2 Å². The fourth-order valence-electron chi connectivity index (χ4n) is 5.70. The molecular weight excluding hydrogens is 270 g/mol. The summed E-state index contributed by atoms with van der Waals surface area (Å²) in [6.07, 6.45) is 5.35. The largest absolute Gasteiger partial charge is 0.243 e. The number of sulfonamides is 1. The van der Waals surface area contributed by atoms with Crippen molar-refractivity contribution in [1.82, 2.24) is 4.31 Å². The Labute approximate surface area is 120 Å². The highest BCUT2D eigenvalue weighted by atomic mass is 32.2. The number of piperidine rings is 1. The monoisotopic (exact) mass is 289 g/mol. The fraction of sp³-hybridized carbons (Fsp3) is 0.625. The highest BCUT2D eigenvalue weighted by molar-refractivity contribution is 7.89. The molecule has 0 N–H and O–H groups in total. The van der Waals surface area contributed by atoms with Crippen LogP contribution >= 0.6 is 0 Å². The number of benzene rings is 1. The van der Waals surface area contributed by atoms with E-state index in [1.165, 1.54) is 25.7 Å². The zero-order valence-corrected chi connectivity index (χ0v) is 12.2. The molecule has 1 saturated heterocycles. The second-order valence-electron chi connectivity index (χ2n) is 6.95. The van der Waals surface area contributed by atoms with Gasteiger partial charge in [-0.05, 0) is 55.1 Å². The van der Waals surface area contributed by atoms with E-state index in [1.807, 2.05) is 22.5 Å². The second-order valence-corrected chi connectivity index (χ2v) is 8.79. The van der Waals surface area contributed by atoms with Gasteiger partial charge >= 0.3 is 0 Å². The maximum Gasteiger partial charge on any atom is 0.243 e. The lowest BCUT2D eigenvalue weighted by Gasteiger charge is -2.21. The zero-order valence-electron chi connectivity index (χ0n) is 11.4. The minimum Gasteiger partial charge on any atom is -0.207 e. The van der Waals surface area contributed by atoms with E-state index in [0.717, 1.165) is 11.8 Å². The Morgan fingerprint density at radius 2 is 1.50 bits per heavy atom. The molecule has 3 saturated carbocycles. The van der Waals surface area contributed by atoms with Crippen molar-refractivity contribution in [1.29, 1.82) is 0 Å².